The van der Waals surface area contributed by atoms with E-state index in [0.29, 0.717) is 12.8 Å². The topological polar surface area (TPSA) is 75.7 Å². The third kappa shape index (κ3) is 2.02. The van der Waals surface area contributed by atoms with Gasteiger partial charge in [0.2, 0.25) is 11.8 Å². The van der Waals surface area contributed by atoms with Crippen molar-refractivity contribution < 1.29 is 19.1 Å². The molecule has 1 aliphatic heterocycles. The molecule has 2 aliphatic rings. The highest BCUT2D eigenvalue weighted by atomic mass is 16.5. The van der Waals surface area contributed by atoms with Gasteiger partial charge in [-0.1, -0.05) is 13.8 Å². The summed E-state index contributed by atoms with van der Waals surface area (Å²) in [4.78, 5) is 38.2. The third-order valence-electron chi connectivity index (χ3n) is 4.76. The first-order chi connectivity index (χ1) is 9.51. The summed E-state index contributed by atoms with van der Waals surface area (Å²) in [6.07, 6.45) is 3.13. The third-order valence-corrected chi connectivity index (χ3v) is 4.76. The van der Waals surface area contributed by atoms with Gasteiger partial charge in [-0.15, -0.1) is 0 Å². The Kier molecular flexibility index (Phi) is 4.13. The van der Waals surface area contributed by atoms with Crippen LogP contribution in [0.1, 0.15) is 46.0 Å². The lowest BCUT2D eigenvalue weighted by atomic mass is 9.78. The Labute approximate surface area is 118 Å². The summed E-state index contributed by atoms with van der Waals surface area (Å²) in [5.74, 6) is -0.842. The van der Waals surface area contributed by atoms with Crippen molar-refractivity contribution in [1.29, 1.82) is 0 Å². The lowest BCUT2D eigenvalue weighted by molar-refractivity contribution is -0.155. The smallest absolute Gasteiger partial charge is 0.331 e. The predicted molar refractivity (Wildman–Crippen MR) is 71.8 cm³/mol. The van der Waals surface area contributed by atoms with Crippen LogP contribution in [0.3, 0.4) is 0 Å². The van der Waals surface area contributed by atoms with Crippen molar-refractivity contribution in [3.05, 3.63) is 0 Å². The van der Waals surface area contributed by atoms with E-state index >= 15 is 0 Å². The van der Waals surface area contributed by atoms with Crippen molar-refractivity contribution in [2.75, 3.05) is 7.11 Å². The second-order valence-corrected chi connectivity index (χ2v) is 5.50. The summed E-state index contributed by atoms with van der Waals surface area (Å²) in [5.41, 5.74) is -1.12. The van der Waals surface area contributed by atoms with Gasteiger partial charge >= 0.3 is 6.03 Å². The van der Waals surface area contributed by atoms with Gasteiger partial charge in [-0.3, -0.25) is 19.8 Å². The van der Waals surface area contributed by atoms with E-state index in [0.717, 1.165) is 19.3 Å². The van der Waals surface area contributed by atoms with Crippen molar-refractivity contribution in [1.82, 2.24) is 10.2 Å². The molecule has 20 heavy (non-hydrogen) atoms. The van der Waals surface area contributed by atoms with Crippen molar-refractivity contribution in [3.63, 3.8) is 0 Å². The lowest BCUT2D eigenvalue weighted by Gasteiger charge is -2.41. The minimum Gasteiger partial charge on any atom is -0.379 e. The largest absolute Gasteiger partial charge is 0.379 e. The fourth-order valence-electron chi connectivity index (χ4n) is 3.35. The highest BCUT2D eigenvalue weighted by Crippen LogP contribution is 2.36. The zero-order valence-corrected chi connectivity index (χ0v) is 12.3. The maximum Gasteiger partial charge on any atom is 0.331 e. The number of hydrogen-bond acceptors (Lipinski definition) is 4. The van der Waals surface area contributed by atoms with Gasteiger partial charge in [-0.25, -0.2) is 4.79 Å². The van der Waals surface area contributed by atoms with Crippen LogP contribution in [0.5, 0.6) is 0 Å². The summed E-state index contributed by atoms with van der Waals surface area (Å²) >= 11 is 0. The number of urea groups is 1. The molecule has 4 amide bonds. The molecule has 0 aromatic carbocycles. The van der Waals surface area contributed by atoms with Crippen molar-refractivity contribution in [2.45, 2.75) is 58.1 Å². The number of ether oxygens (including phenoxy) is 1. The summed E-state index contributed by atoms with van der Waals surface area (Å²) in [6, 6.07) is -0.871. The zero-order chi connectivity index (χ0) is 14.9. The van der Waals surface area contributed by atoms with Crippen LogP contribution in [0.2, 0.25) is 0 Å². The van der Waals surface area contributed by atoms with Gasteiger partial charge in [0.05, 0.1) is 12.1 Å². The molecule has 2 atom stereocenters. The number of nitrogens with zero attached hydrogens (tertiary/aromatic N) is 1. The zero-order valence-electron chi connectivity index (χ0n) is 12.3. The van der Waals surface area contributed by atoms with Gasteiger partial charge in [0.25, 0.3) is 0 Å². The molecule has 2 rings (SSSR count). The summed E-state index contributed by atoms with van der Waals surface area (Å²) in [7, 11) is 1.59. The average Bonchev–Trinajstić information content (AvgIpc) is 2.88. The van der Waals surface area contributed by atoms with Gasteiger partial charge in [0.1, 0.15) is 5.41 Å². The summed E-state index contributed by atoms with van der Waals surface area (Å²) in [6.45, 7) is 3.61. The summed E-state index contributed by atoms with van der Waals surface area (Å²) in [5, 5.41) is 2.35. The van der Waals surface area contributed by atoms with Crippen molar-refractivity contribution in [2.24, 2.45) is 5.41 Å². The fourth-order valence-corrected chi connectivity index (χ4v) is 3.35. The molecule has 2 unspecified atom stereocenters. The number of barbiturate groups is 1. The molecule has 0 aromatic rings. The Morgan fingerprint density at radius 2 is 1.90 bits per heavy atom. The molecule has 1 N–H and O–H groups in total. The molecule has 0 radical (unpaired) electrons. The van der Waals surface area contributed by atoms with Crippen LogP contribution < -0.4 is 5.32 Å². The first-order valence-corrected chi connectivity index (χ1v) is 7.23. The maximum atomic E-state index is 12.8. The van der Waals surface area contributed by atoms with E-state index in [-0.39, 0.29) is 18.1 Å². The Balaban J connectivity index is 2.35. The van der Waals surface area contributed by atoms with Gasteiger partial charge in [0, 0.05) is 7.11 Å². The molecule has 0 spiro atoms. The Morgan fingerprint density at radius 3 is 2.45 bits per heavy atom. The molecule has 6 nitrogen and oxygen atoms in total. The first-order valence-electron chi connectivity index (χ1n) is 7.23. The van der Waals surface area contributed by atoms with Crippen LogP contribution in [0.4, 0.5) is 4.79 Å². The molecule has 2 fully saturated rings. The van der Waals surface area contributed by atoms with Gasteiger partial charge in [0.15, 0.2) is 0 Å². The minimum atomic E-state index is -1.12. The molecular formula is C14H22N2O4. The first kappa shape index (κ1) is 15.0. The van der Waals surface area contributed by atoms with Crippen LogP contribution >= 0.6 is 0 Å². The number of carbonyl (C=O) groups excluding carboxylic acids is 3. The molecule has 112 valence electrons. The second kappa shape index (κ2) is 5.52. The van der Waals surface area contributed by atoms with E-state index in [2.05, 4.69) is 5.32 Å². The fraction of sp³-hybridized carbons (Fsp3) is 0.786. The normalized spacial score (nSPS) is 29.8. The number of methoxy groups -OCH3 is 1. The van der Waals surface area contributed by atoms with E-state index < -0.39 is 17.4 Å². The number of rotatable bonds is 4. The molecule has 1 saturated carbocycles. The molecule has 0 aromatic heterocycles. The van der Waals surface area contributed by atoms with E-state index in [1.807, 2.05) is 0 Å². The summed E-state index contributed by atoms with van der Waals surface area (Å²) < 4.78 is 5.38. The van der Waals surface area contributed by atoms with Crippen LogP contribution in [0.25, 0.3) is 0 Å². The Hall–Kier alpha value is -1.43. The molecular weight excluding hydrogens is 260 g/mol. The average molecular weight is 282 g/mol. The number of carbonyl (C=O) groups is 3. The second-order valence-electron chi connectivity index (χ2n) is 5.50. The van der Waals surface area contributed by atoms with Crippen LogP contribution in [-0.2, 0) is 14.3 Å². The number of imide groups is 2. The molecule has 1 aliphatic carbocycles. The predicted octanol–water partition coefficient (Wildman–Crippen LogP) is 1.44. The van der Waals surface area contributed by atoms with E-state index in [9.17, 15) is 14.4 Å². The van der Waals surface area contributed by atoms with Crippen LogP contribution in [-0.4, -0.2) is 42.0 Å². The molecule has 1 heterocycles. The Morgan fingerprint density at radius 1 is 1.25 bits per heavy atom. The van der Waals surface area contributed by atoms with Crippen molar-refractivity contribution in [3.8, 4) is 0 Å². The van der Waals surface area contributed by atoms with Gasteiger partial charge < -0.3 is 4.74 Å². The maximum absolute atomic E-state index is 12.8. The highest BCUT2D eigenvalue weighted by Gasteiger charge is 2.54. The number of nitrogens with one attached hydrogen (secondary N) is 1. The number of amides is 4. The van der Waals surface area contributed by atoms with Gasteiger partial charge in [-0.2, -0.15) is 0 Å². The van der Waals surface area contributed by atoms with E-state index in [1.165, 1.54) is 4.90 Å². The van der Waals surface area contributed by atoms with E-state index in [4.69, 9.17) is 4.74 Å². The molecule has 6 heteroatoms. The Bertz CT molecular complexity index is 431. The highest BCUT2D eigenvalue weighted by molar-refractivity contribution is 6.19. The van der Waals surface area contributed by atoms with Crippen LogP contribution in [0, 0.1) is 5.41 Å². The van der Waals surface area contributed by atoms with Crippen LogP contribution in [0.15, 0.2) is 0 Å². The molecule has 1 saturated heterocycles. The molecule has 0 bridgehead atoms. The minimum absolute atomic E-state index is 0.135. The quantitative estimate of drug-likeness (QED) is 0.792. The van der Waals surface area contributed by atoms with Gasteiger partial charge in [-0.05, 0) is 32.1 Å². The standard InChI is InChI=1S/C14H22N2O4/c1-4-14(5-2)11(17)15-13(19)16(12(14)18)9-7-6-8-10(9)20-3/h9-10H,4-8H2,1-3H3,(H,15,17,19). The number of hydrogen-bond donors (Lipinski definition) is 1. The lowest BCUT2D eigenvalue weighted by Crippen LogP contribution is -2.66. The van der Waals surface area contributed by atoms with E-state index in [1.54, 1.807) is 21.0 Å². The SMILES string of the molecule is CCC1(CC)C(=O)NC(=O)N(C2CCCC2OC)C1=O. The van der Waals surface area contributed by atoms with Crippen molar-refractivity contribution >= 4 is 17.8 Å². The monoisotopic (exact) mass is 282 g/mol.